The van der Waals surface area contributed by atoms with Gasteiger partial charge in [0.25, 0.3) is 5.91 Å². The standard InChI is InChI=1S/C13H16N2O3S/c1-4-5-10(3)15-13(16)12-8-11(19(14,17)18)7-6-9(12)2/h1,6-8,10H,5H2,2-3H3,(H,15,16)(H2,14,17,18). The molecule has 0 saturated carbocycles. The van der Waals surface area contributed by atoms with Crippen molar-refractivity contribution in [1.82, 2.24) is 5.32 Å². The summed E-state index contributed by atoms with van der Waals surface area (Å²) in [6, 6.07) is 3.99. The van der Waals surface area contributed by atoms with Crippen LogP contribution in [0.15, 0.2) is 23.1 Å². The lowest BCUT2D eigenvalue weighted by Crippen LogP contribution is -2.32. The molecule has 102 valence electrons. The highest BCUT2D eigenvalue weighted by atomic mass is 32.2. The Morgan fingerprint density at radius 1 is 1.53 bits per heavy atom. The molecule has 0 aliphatic carbocycles. The van der Waals surface area contributed by atoms with Crippen LogP contribution in [-0.2, 0) is 10.0 Å². The topological polar surface area (TPSA) is 89.3 Å². The summed E-state index contributed by atoms with van der Waals surface area (Å²) in [7, 11) is -3.83. The average Bonchev–Trinajstić information content (AvgIpc) is 2.27. The zero-order valence-corrected chi connectivity index (χ0v) is 11.6. The minimum Gasteiger partial charge on any atom is -0.349 e. The number of hydrogen-bond acceptors (Lipinski definition) is 3. The van der Waals surface area contributed by atoms with E-state index in [0.29, 0.717) is 12.0 Å². The summed E-state index contributed by atoms with van der Waals surface area (Å²) in [5.41, 5.74) is 0.938. The maximum atomic E-state index is 12.0. The SMILES string of the molecule is C#CCC(C)NC(=O)c1cc(S(N)(=O)=O)ccc1C. The number of hydrogen-bond donors (Lipinski definition) is 2. The van der Waals surface area contributed by atoms with Gasteiger partial charge in [0, 0.05) is 18.0 Å². The van der Waals surface area contributed by atoms with Crippen LogP contribution >= 0.6 is 0 Å². The van der Waals surface area contributed by atoms with Crippen LogP contribution in [0.2, 0.25) is 0 Å². The number of nitrogens with one attached hydrogen (secondary N) is 1. The van der Waals surface area contributed by atoms with Crippen LogP contribution in [0.4, 0.5) is 0 Å². The van der Waals surface area contributed by atoms with E-state index in [1.165, 1.54) is 12.1 Å². The van der Waals surface area contributed by atoms with Gasteiger partial charge in [-0.1, -0.05) is 6.07 Å². The summed E-state index contributed by atoms with van der Waals surface area (Å²) in [6.07, 6.45) is 5.56. The molecule has 0 spiro atoms. The normalized spacial score (nSPS) is 12.5. The highest BCUT2D eigenvalue weighted by Gasteiger charge is 2.15. The van der Waals surface area contributed by atoms with Gasteiger partial charge >= 0.3 is 0 Å². The van der Waals surface area contributed by atoms with Gasteiger partial charge in [-0.25, -0.2) is 13.6 Å². The molecule has 5 nitrogen and oxygen atoms in total. The van der Waals surface area contributed by atoms with Gasteiger partial charge in [-0.05, 0) is 31.5 Å². The molecule has 0 bridgehead atoms. The second-order valence-electron chi connectivity index (χ2n) is 4.30. The summed E-state index contributed by atoms with van der Waals surface area (Å²) in [6.45, 7) is 3.49. The van der Waals surface area contributed by atoms with Crippen molar-refractivity contribution in [3.63, 3.8) is 0 Å². The molecule has 6 heteroatoms. The first kappa shape index (κ1) is 15.2. The number of rotatable bonds is 4. The zero-order valence-electron chi connectivity index (χ0n) is 10.8. The summed E-state index contributed by atoms with van der Waals surface area (Å²) in [4.78, 5) is 11.9. The van der Waals surface area contributed by atoms with Gasteiger partial charge < -0.3 is 5.32 Å². The fraction of sp³-hybridized carbons (Fsp3) is 0.308. The first-order chi connectivity index (χ1) is 8.75. The molecule has 1 rings (SSSR count). The Labute approximate surface area is 113 Å². The summed E-state index contributed by atoms with van der Waals surface area (Å²) < 4.78 is 22.5. The smallest absolute Gasteiger partial charge is 0.251 e. The van der Waals surface area contributed by atoms with Gasteiger partial charge in [0.1, 0.15) is 0 Å². The van der Waals surface area contributed by atoms with Gasteiger partial charge in [0.05, 0.1) is 4.90 Å². The number of carbonyl (C=O) groups excluding carboxylic acids is 1. The van der Waals surface area contributed by atoms with Crippen LogP contribution in [-0.4, -0.2) is 20.4 Å². The van der Waals surface area contributed by atoms with Gasteiger partial charge in [0.15, 0.2) is 0 Å². The van der Waals surface area contributed by atoms with Gasteiger partial charge in [-0.3, -0.25) is 4.79 Å². The molecule has 0 aromatic heterocycles. The molecule has 0 fully saturated rings. The molecule has 0 aliphatic heterocycles. The Morgan fingerprint density at radius 2 is 2.16 bits per heavy atom. The molecule has 1 unspecified atom stereocenters. The number of carbonyl (C=O) groups is 1. The van der Waals surface area contributed by atoms with Crippen molar-refractivity contribution in [1.29, 1.82) is 0 Å². The lowest BCUT2D eigenvalue weighted by atomic mass is 10.1. The number of sulfonamides is 1. The lowest BCUT2D eigenvalue weighted by molar-refractivity contribution is 0.0940. The molecular weight excluding hydrogens is 264 g/mol. The molecule has 0 saturated heterocycles. The monoisotopic (exact) mass is 280 g/mol. The predicted octanol–water partition coefficient (Wildman–Crippen LogP) is 0.784. The third-order valence-corrected chi connectivity index (χ3v) is 3.49. The fourth-order valence-electron chi connectivity index (χ4n) is 1.55. The van der Waals surface area contributed by atoms with Crippen LogP contribution < -0.4 is 10.5 Å². The van der Waals surface area contributed by atoms with E-state index in [1.807, 2.05) is 0 Å². The molecule has 1 amide bonds. The number of terminal acetylenes is 1. The molecule has 1 aromatic rings. The number of aryl methyl sites for hydroxylation is 1. The van der Waals surface area contributed by atoms with Gasteiger partial charge in [-0.2, -0.15) is 0 Å². The fourth-order valence-corrected chi connectivity index (χ4v) is 2.09. The highest BCUT2D eigenvalue weighted by molar-refractivity contribution is 7.89. The second kappa shape index (κ2) is 5.87. The van der Waals surface area contributed by atoms with E-state index in [-0.39, 0.29) is 22.4 Å². The van der Waals surface area contributed by atoms with Crippen molar-refractivity contribution in [2.75, 3.05) is 0 Å². The molecule has 0 aliphatic rings. The Morgan fingerprint density at radius 3 is 2.68 bits per heavy atom. The van der Waals surface area contributed by atoms with E-state index >= 15 is 0 Å². The molecular formula is C13H16N2O3S. The van der Waals surface area contributed by atoms with Crippen LogP contribution in [0.3, 0.4) is 0 Å². The minimum atomic E-state index is -3.83. The third kappa shape index (κ3) is 4.09. The Balaban J connectivity index is 3.07. The highest BCUT2D eigenvalue weighted by Crippen LogP contribution is 2.14. The van der Waals surface area contributed by atoms with E-state index in [1.54, 1.807) is 19.9 Å². The van der Waals surface area contributed by atoms with Crippen molar-refractivity contribution in [3.05, 3.63) is 29.3 Å². The number of primary sulfonamides is 1. The minimum absolute atomic E-state index is 0.0900. The predicted molar refractivity (Wildman–Crippen MR) is 72.9 cm³/mol. The van der Waals surface area contributed by atoms with Crippen molar-refractivity contribution in [2.45, 2.75) is 31.2 Å². The largest absolute Gasteiger partial charge is 0.349 e. The first-order valence-electron chi connectivity index (χ1n) is 5.63. The Hall–Kier alpha value is -1.84. The molecule has 1 aromatic carbocycles. The van der Waals surface area contributed by atoms with E-state index in [9.17, 15) is 13.2 Å². The average molecular weight is 280 g/mol. The maximum Gasteiger partial charge on any atom is 0.251 e. The van der Waals surface area contributed by atoms with Crippen molar-refractivity contribution in [3.8, 4) is 12.3 Å². The van der Waals surface area contributed by atoms with Crippen molar-refractivity contribution >= 4 is 15.9 Å². The van der Waals surface area contributed by atoms with Crippen LogP contribution in [0.5, 0.6) is 0 Å². The van der Waals surface area contributed by atoms with Gasteiger partial charge in [-0.15, -0.1) is 12.3 Å². The Kier molecular flexibility index (Phi) is 4.70. The molecule has 3 N–H and O–H groups in total. The van der Waals surface area contributed by atoms with Crippen LogP contribution in [0, 0.1) is 19.3 Å². The van der Waals surface area contributed by atoms with Crippen LogP contribution in [0.25, 0.3) is 0 Å². The molecule has 0 heterocycles. The van der Waals surface area contributed by atoms with Crippen molar-refractivity contribution < 1.29 is 13.2 Å². The first-order valence-corrected chi connectivity index (χ1v) is 7.18. The molecule has 19 heavy (non-hydrogen) atoms. The number of amides is 1. The third-order valence-electron chi connectivity index (χ3n) is 2.58. The van der Waals surface area contributed by atoms with E-state index < -0.39 is 10.0 Å². The summed E-state index contributed by atoms with van der Waals surface area (Å²) in [5, 5.41) is 7.74. The van der Waals surface area contributed by atoms with E-state index in [4.69, 9.17) is 11.6 Å². The van der Waals surface area contributed by atoms with E-state index in [0.717, 1.165) is 0 Å². The van der Waals surface area contributed by atoms with Gasteiger partial charge in [0.2, 0.25) is 10.0 Å². The zero-order chi connectivity index (χ0) is 14.6. The summed E-state index contributed by atoms with van der Waals surface area (Å²) >= 11 is 0. The quantitative estimate of drug-likeness (QED) is 0.799. The second-order valence-corrected chi connectivity index (χ2v) is 5.87. The Bertz CT molecular complexity index is 630. The number of benzene rings is 1. The molecule has 1 atom stereocenters. The van der Waals surface area contributed by atoms with Crippen LogP contribution in [0.1, 0.15) is 29.3 Å². The lowest BCUT2D eigenvalue weighted by Gasteiger charge is -2.13. The maximum absolute atomic E-state index is 12.0. The number of nitrogens with two attached hydrogens (primary N) is 1. The van der Waals surface area contributed by atoms with Crippen molar-refractivity contribution in [2.24, 2.45) is 5.14 Å². The molecule has 0 radical (unpaired) electrons. The summed E-state index contributed by atoms with van der Waals surface area (Å²) in [5.74, 6) is 2.07. The van der Waals surface area contributed by atoms with E-state index in [2.05, 4.69) is 11.2 Å².